The summed E-state index contributed by atoms with van der Waals surface area (Å²) < 4.78 is 38.3. The molecule has 0 spiro atoms. The number of carbonyl (C=O) groups is 1. The van der Waals surface area contributed by atoms with Crippen LogP contribution in [0.25, 0.3) is 0 Å². The second-order valence-electron chi connectivity index (χ2n) is 3.67. The largest absolute Gasteiger partial charge is 0.417 e. The monoisotopic (exact) mass is 287 g/mol. The number of H-pyrrole nitrogens is 1. The highest BCUT2D eigenvalue weighted by atomic mass is 32.2. The van der Waals surface area contributed by atoms with Crippen LogP contribution in [0.3, 0.4) is 0 Å². The van der Waals surface area contributed by atoms with Gasteiger partial charge in [0.25, 0.3) is 0 Å². The zero-order valence-electron chi connectivity index (χ0n) is 9.65. The number of halogens is 3. The minimum absolute atomic E-state index is 0.189. The van der Waals surface area contributed by atoms with Crippen LogP contribution in [0.2, 0.25) is 0 Å². The number of rotatable bonds is 3. The smallest absolute Gasteiger partial charge is 0.298 e. The van der Waals surface area contributed by atoms with Crippen LogP contribution in [-0.4, -0.2) is 21.5 Å². The van der Waals surface area contributed by atoms with Crippen LogP contribution in [0, 0.1) is 6.92 Å². The predicted octanol–water partition coefficient (Wildman–Crippen LogP) is 3.10. The van der Waals surface area contributed by atoms with E-state index in [1.54, 1.807) is 6.92 Å². The Morgan fingerprint density at radius 2 is 2.11 bits per heavy atom. The van der Waals surface area contributed by atoms with Gasteiger partial charge in [-0.1, -0.05) is 0 Å². The number of aldehydes is 1. The third-order valence-corrected chi connectivity index (χ3v) is 3.10. The molecule has 0 fully saturated rings. The number of aromatic nitrogens is 3. The van der Waals surface area contributed by atoms with E-state index < -0.39 is 11.7 Å². The topological polar surface area (TPSA) is 58.6 Å². The Balaban J connectivity index is 2.35. The van der Waals surface area contributed by atoms with Crippen LogP contribution in [0.5, 0.6) is 0 Å². The summed E-state index contributed by atoms with van der Waals surface area (Å²) in [5.41, 5.74) is -1.34. The van der Waals surface area contributed by atoms with Crippen molar-refractivity contribution in [2.75, 3.05) is 0 Å². The molecule has 0 bridgehead atoms. The molecule has 0 saturated heterocycles. The molecule has 0 aliphatic heterocycles. The minimum atomic E-state index is -4.57. The highest BCUT2D eigenvalue weighted by Crippen LogP contribution is 2.35. The van der Waals surface area contributed by atoms with Crippen LogP contribution < -0.4 is 0 Å². The molecule has 0 amide bonds. The summed E-state index contributed by atoms with van der Waals surface area (Å²) in [5, 5.41) is 6.74. The fourth-order valence-electron chi connectivity index (χ4n) is 1.42. The first-order chi connectivity index (χ1) is 8.90. The highest BCUT2D eigenvalue weighted by molar-refractivity contribution is 7.99. The quantitative estimate of drug-likeness (QED) is 0.881. The molecular formula is C11H8F3N3OS. The van der Waals surface area contributed by atoms with Crippen molar-refractivity contribution in [3.8, 4) is 0 Å². The molecule has 0 aliphatic rings. The van der Waals surface area contributed by atoms with Gasteiger partial charge in [0.05, 0.1) is 5.56 Å². The van der Waals surface area contributed by atoms with Gasteiger partial charge in [-0.2, -0.15) is 13.2 Å². The maximum Gasteiger partial charge on any atom is 0.417 e. The van der Waals surface area contributed by atoms with Crippen molar-refractivity contribution in [1.82, 2.24) is 15.2 Å². The number of alkyl halides is 3. The second-order valence-corrected chi connectivity index (χ2v) is 4.71. The van der Waals surface area contributed by atoms with Gasteiger partial charge in [0.2, 0.25) is 5.16 Å². The van der Waals surface area contributed by atoms with Gasteiger partial charge >= 0.3 is 6.18 Å². The van der Waals surface area contributed by atoms with Gasteiger partial charge in [0, 0.05) is 10.5 Å². The molecule has 4 nitrogen and oxygen atoms in total. The molecule has 1 heterocycles. The average molecular weight is 287 g/mol. The SMILES string of the molecule is Cc1nc(Sc2ccc(C=O)c(C(F)(F)F)c2)n[nH]1. The third-order valence-electron chi connectivity index (χ3n) is 2.24. The Bertz CT molecular complexity index is 609. The van der Waals surface area contributed by atoms with Gasteiger partial charge in [0.1, 0.15) is 5.82 Å². The molecule has 19 heavy (non-hydrogen) atoms. The van der Waals surface area contributed by atoms with E-state index in [0.717, 1.165) is 23.9 Å². The number of hydrogen-bond donors (Lipinski definition) is 1. The molecule has 0 atom stereocenters. The van der Waals surface area contributed by atoms with Gasteiger partial charge in [0.15, 0.2) is 6.29 Å². The van der Waals surface area contributed by atoms with Gasteiger partial charge in [-0.3, -0.25) is 9.89 Å². The van der Waals surface area contributed by atoms with Gasteiger partial charge in [-0.25, -0.2) is 4.98 Å². The number of hydrogen-bond acceptors (Lipinski definition) is 4. The lowest BCUT2D eigenvalue weighted by molar-refractivity contribution is -0.138. The second kappa shape index (κ2) is 5.04. The van der Waals surface area contributed by atoms with Gasteiger partial charge in [-0.05, 0) is 36.9 Å². The molecule has 8 heteroatoms. The molecule has 2 aromatic rings. The van der Waals surface area contributed by atoms with Crippen LogP contribution >= 0.6 is 11.8 Å². The Kier molecular flexibility index (Phi) is 3.61. The first kappa shape index (κ1) is 13.6. The minimum Gasteiger partial charge on any atom is -0.298 e. The first-order valence-electron chi connectivity index (χ1n) is 5.13. The summed E-state index contributed by atoms with van der Waals surface area (Å²) in [6.45, 7) is 1.69. The van der Waals surface area contributed by atoms with Crippen molar-refractivity contribution in [3.05, 3.63) is 35.2 Å². The number of carbonyl (C=O) groups excluding carboxylic acids is 1. The van der Waals surface area contributed by atoms with Crippen molar-refractivity contribution in [2.24, 2.45) is 0 Å². The summed E-state index contributed by atoms with van der Waals surface area (Å²) in [6.07, 6.45) is -4.38. The average Bonchev–Trinajstić information content (AvgIpc) is 2.73. The summed E-state index contributed by atoms with van der Waals surface area (Å²) in [7, 11) is 0. The summed E-state index contributed by atoms with van der Waals surface area (Å²) in [6, 6.07) is 3.48. The van der Waals surface area contributed by atoms with Crippen molar-refractivity contribution >= 4 is 18.0 Å². The van der Waals surface area contributed by atoms with Crippen molar-refractivity contribution in [3.63, 3.8) is 0 Å². The maximum absolute atomic E-state index is 12.8. The van der Waals surface area contributed by atoms with E-state index in [4.69, 9.17) is 0 Å². The lowest BCUT2D eigenvalue weighted by Crippen LogP contribution is -2.08. The molecular weight excluding hydrogens is 279 g/mol. The molecule has 1 N–H and O–H groups in total. The van der Waals surface area contributed by atoms with Crippen molar-refractivity contribution in [1.29, 1.82) is 0 Å². The molecule has 0 unspecified atom stereocenters. The number of aryl methyl sites for hydroxylation is 1. The van der Waals surface area contributed by atoms with Crippen LogP contribution in [0.1, 0.15) is 21.7 Å². The first-order valence-corrected chi connectivity index (χ1v) is 5.95. The van der Waals surface area contributed by atoms with Gasteiger partial charge < -0.3 is 0 Å². The van der Waals surface area contributed by atoms with Crippen molar-refractivity contribution in [2.45, 2.75) is 23.2 Å². The molecule has 100 valence electrons. The molecule has 0 saturated carbocycles. The Hall–Kier alpha value is -1.83. The summed E-state index contributed by atoms with van der Waals surface area (Å²) in [5.74, 6) is 0.572. The number of nitrogens with one attached hydrogen (secondary N) is 1. The third kappa shape index (κ3) is 3.14. The van der Waals surface area contributed by atoms with Gasteiger partial charge in [-0.15, -0.1) is 5.10 Å². The van der Waals surface area contributed by atoms with E-state index in [2.05, 4.69) is 15.2 Å². The standard InChI is InChI=1S/C11H8F3N3OS/c1-6-15-10(17-16-6)19-8-3-2-7(5-18)9(4-8)11(12,13)14/h2-5H,1H3,(H,15,16,17). The van der Waals surface area contributed by atoms with E-state index in [1.165, 1.54) is 6.07 Å². The fourth-order valence-corrected chi connectivity index (χ4v) is 2.22. The molecule has 0 aliphatic carbocycles. The number of aromatic amines is 1. The fraction of sp³-hybridized carbons (Fsp3) is 0.182. The summed E-state index contributed by atoms with van der Waals surface area (Å²) in [4.78, 5) is 14.9. The summed E-state index contributed by atoms with van der Waals surface area (Å²) >= 11 is 0.988. The van der Waals surface area contributed by atoms with E-state index >= 15 is 0 Å². The van der Waals surface area contributed by atoms with Crippen molar-refractivity contribution < 1.29 is 18.0 Å². The lowest BCUT2D eigenvalue weighted by Gasteiger charge is -2.10. The predicted molar refractivity (Wildman–Crippen MR) is 62.1 cm³/mol. The highest BCUT2D eigenvalue weighted by Gasteiger charge is 2.33. The zero-order chi connectivity index (χ0) is 14.0. The van der Waals surface area contributed by atoms with Crippen LogP contribution in [0.15, 0.2) is 28.3 Å². The Morgan fingerprint density at radius 3 is 2.63 bits per heavy atom. The Labute approximate surface area is 110 Å². The Morgan fingerprint density at radius 1 is 1.37 bits per heavy atom. The normalized spacial score (nSPS) is 11.6. The van der Waals surface area contributed by atoms with E-state index in [0.29, 0.717) is 15.9 Å². The maximum atomic E-state index is 12.8. The lowest BCUT2D eigenvalue weighted by atomic mass is 10.1. The number of nitrogens with zero attached hydrogens (tertiary/aromatic N) is 2. The van der Waals surface area contributed by atoms with Crippen LogP contribution in [-0.2, 0) is 6.18 Å². The van der Waals surface area contributed by atoms with E-state index in [1.807, 2.05) is 0 Å². The molecule has 1 aromatic heterocycles. The van der Waals surface area contributed by atoms with E-state index in [-0.39, 0.29) is 11.8 Å². The molecule has 0 radical (unpaired) electrons. The van der Waals surface area contributed by atoms with E-state index in [9.17, 15) is 18.0 Å². The number of benzene rings is 1. The molecule has 1 aromatic carbocycles. The zero-order valence-corrected chi connectivity index (χ0v) is 10.5. The molecule has 2 rings (SSSR count). The van der Waals surface area contributed by atoms with Crippen LogP contribution in [0.4, 0.5) is 13.2 Å².